The van der Waals surface area contributed by atoms with Gasteiger partial charge in [-0.2, -0.15) is 0 Å². The summed E-state index contributed by atoms with van der Waals surface area (Å²) < 4.78 is 5.77. The summed E-state index contributed by atoms with van der Waals surface area (Å²) in [5, 5.41) is 16.8. The van der Waals surface area contributed by atoms with Gasteiger partial charge in [0.05, 0.1) is 18.3 Å². The minimum atomic E-state index is -0.196. The first-order valence-electron chi connectivity index (χ1n) is 5.36. The molecule has 1 rings (SSSR count). The molecule has 0 aromatic rings. The first kappa shape index (κ1) is 13.9. The van der Waals surface area contributed by atoms with E-state index in [1.807, 2.05) is 6.92 Å². The molecule has 0 amide bonds. The quantitative estimate of drug-likeness (QED) is 0.679. The molecule has 1 fully saturated rings. The lowest BCUT2D eigenvalue weighted by atomic mass is 9.82. The van der Waals surface area contributed by atoms with Gasteiger partial charge in [-0.1, -0.05) is 20.8 Å². The van der Waals surface area contributed by atoms with Crippen LogP contribution in [0.4, 0.5) is 0 Å². The Balaban J connectivity index is 0.000000791. The molecule has 1 heterocycles. The minimum absolute atomic E-state index is 0.196. The van der Waals surface area contributed by atoms with Crippen LogP contribution in [0.5, 0.6) is 0 Å². The van der Waals surface area contributed by atoms with Gasteiger partial charge in [0, 0.05) is 18.9 Å². The summed E-state index contributed by atoms with van der Waals surface area (Å²) in [6.07, 6.45) is 1.24. The van der Waals surface area contributed by atoms with Crippen LogP contribution in [0.2, 0.25) is 0 Å². The van der Waals surface area contributed by atoms with Crippen LogP contribution in [0.15, 0.2) is 0 Å². The number of aliphatic hydroxyl groups is 2. The molecule has 0 saturated carbocycles. The Labute approximate surface area is 87.1 Å². The molecule has 5 unspecified atom stereocenters. The molecule has 1 saturated heterocycles. The third-order valence-electron chi connectivity index (χ3n) is 3.20. The van der Waals surface area contributed by atoms with Crippen LogP contribution in [0, 0.1) is 11.8 Å². The van der Waals surface area contributed by atoms with Crippen molar-refractivity contribution in [1.82, 2.24) is 0 Å². The van der Waals surface area contributed by atoms with Gasteiger partial charge in [0.15, 0.2) is 0 Å². The summed E-state index contributed by atoms with van der Waals surface area (Å²) in [5.41, 5.74) is 0. The molecule has 0 aromatic heterocycles. The summed E-state index contributed by atoms with van der Waals surface area (Å²) in [5.74, 6) is 0.545. The molecule has 3 nitrogen and oxygen atoms in total. The largest absolute Gasteiger partial charge is 0.400 e. The summed E-state index contributed by atoms with van der Waals surface area (Å²) in [4.78, 5) is 0. The summed E-state index contributed by atoms with van der Waals surface area (Å²) in [6, 6.07) is 0. The van der Waals surface area contributed by atoms with Crippen LogP contribution >= 0.6 is 0 Å². The molecule has 1 aliphatic heterocycles. The van der Waals surface area contributed by atoms with Crippen LogP contribution in [0.25, 0.3) is 0 Å². The molecule has 1 aliphatic rings. The molecule has 0 aliphatic carbocycles. The second-order valence-corrected chi connectivity index (χ2v) is 4.00. The maximum Gasteiger partial charge on any atom is 0.0640 e. The molecule has 0 radical (unpaired) electrons. The summed E-state index contributed by atoms with van der Waals surface area (Å²) in [7, 11) is 1.00. The monoisotopic (exact) mass is 204 g/mol. The summed E-state index contributed by atoms with van der Waals surface area (Å²) in [6.45, 7) is 8.28. The highest BCUT2D eigenvalue weighted by Crippen LogP contribution is 2.30. The second kappa shape index (κ2) is 6.38. The number of hydrogen-bond acceptors (Lipinski definition) is 3. The van der Waals surface area contributed by atoms with E-state index in [0.29, 0.717) is 0 Å². The zero-order chi connectivity index (χ0) is 11.3. The lowest BCUT2D eigenvalue weighted by Crippen LogP contribution is -2.47. The molecule has 0 spiro atoms. The van der Waals surface area contributed by atoms with Crippen molar-refractivity contribution in [3.05, 3.63) is 0 Å². The first-order chi connectivity index (χ1) is 6.57. The fourth-order valence-electron chi connectivity index (χ4n) is 1.97. The van der Waals surface area contributed by atoms with Gasteiger partial charge in [-0.25, -0.2) is 0 Å². The molecule has 0 aromatic carbocycles. The van der Waals surface area contributed by atoms with Crippen molar-refractivity contribution in [3.63, 3.8) is 0 Å². The smallest absolute Gasteiger partial charge is 0.0640 e. The van der Waals surface area contributed by atoms with Crippen molar-refractivity contribution in [2.45, 2.75) is 52.4 Å². The van der Waals surface area contributed by atoms with Crippen molar-refractivity contribution in [1.29, 1.82) is 0 Å². The highest BCUT2D eigenvalue weighted by Gasteiger charge is 2.37. The number of aliphatic hydroxyl groups excluding tert-OH is 2. The highest BCUT2D eigenvalue weighted by atomic mass is 16.5. The van der Waals surface area contributed by atoms with E-state index >= 15 is 0 Å². The lowest BCUT2D eigenvalue weighted by molar-refractivity contribution is -0.157. The van der Waals surface area contributed by atoms with Gasteiger partial charge in [-0.05, 0) is 13.3 Å². The Hall–Kier alpha value is -0.120. The van der Waals surface area contributed by atoms with Crippen LogP contribution < -0.4 is 0 Å². The van der Waals surface area contributed by atoms with E-state index in [1.54, 1.807) is 0 Å². The Morgan fingerprint density at radius 1 is 1.07 bits per heavy atom. The first-order valence-corrected chi connectivity index (χ1v) is 5.36. The van der Waals surface area contributed by atoms with Crippen molar-refractivity contribution < 1.29 is 14.9 Å². The van der Waals surface area contributed by atoms with Crippen molar-refractivity contribution in [3.8, 4) is 0 Å². The SMILES string of the molecule is CCC1OC(C)C(C)C(O)C1C.CO. The van der Waals surface area contributed by atoms with Crippen molar-refractivity contribution in [2.24, 2.45) is 11.8 Å². The average molecular weight is 204 g/mol. The van der Waals surface area contributed by atoms with Gasteiger partial charge in [0.25, 0.3) is 0 Å². The van der Waals surface area contributed by atoms with Gasteiger partial charge in [0.1, 0.15) is 0 Å². The molecule has 2 N–H and O–H groups in total. The van der Waals surface area contributed by atoms with E-state index in [4.69, 9.17) is 9.84 Å². The highest BCUT2D eigenvalue weighted by molar-refractivity contribution is 4.85. The number of hydrogen-bond donors (Lipinski definition) is 2. The number of ether oxygens (including phenoxy) is 1. The van der Waals surface area contributed by atoms with E-state index in [0.717, 1.165) is 13.5 Å². The molecule has 0 bridgehead atoms. The Kier molecular flexibility index (Phi) is 6.33. The van der Waals surface area contributed by atoms with E-state index in [9.17, 15) is 5.11 Å². The third kappa shape index (κ3) is 2.94. The van der Waals surface area contributed by atoms with Crippen molar-refractivity contribution in [2.75, 3.05) is 7.11 Å². The normalized spacial score (nSPS) is 42.6. The zero-order valence-corrected chi connectivity index (χ0v) is 9.90. The topological polar surface area (TPSA) is 49.7 Å². The fraction of sp³-hybridized carbons (Fsp3) is 1.00. The van der Waals surface area contributed by atoms with Crippen molar-refractivity contribution >= 4 is 0 Å². The molecule has 5 atom stereocenters. The van der Waals surface area contributed by atoms with Gasteiger partial charge in [0.2, 0.25) is 0 Å². The second-order valence-electron chi connectivity index (χ2n) is 4.00. The predicted octanol–water partition coefficient (Wildman–Crippen LogP) is 1.43. The molecule has 86 valence electrons. The van der Waals surface area contributed by atoms with E-state index < -0.39 is 0 Å². The van der Waals surface area contributed by atoms with Gasteiger partial charge < -0.3 is 14.9 Å². The molecule has 3 heteroatoms. The Morgan fingerprint density at radius 3 is 2.00 bits per heavy atom. The maximum atomic E-state index is 9.84. The molecular formula is C11H24O3. The standard InChI is InChI=1S/C10H20O2.CH4O/c1-5-9-7(3)10(11)6(2)8(4)12-9;1-2/h6-11H,5H2,1-4H3;2H,1H3. The Bertz CT molecular complexity index is 145. The average Bonchev–Trinajstić information content (AvgIpc) is 2.23. The maximum absolute atomic E-state index is 9.84. The third-order valence-corrected chi connectivity index (χ3v) is 3.20. The van der Waals surface area contributed by atoms with Gasteiger partial charge in [-0.3, -0.25) is 0 Å². The van der Waals surface area contributed by atoms with Gasteiger partial charge in [-0.15, -0.1) is 0 Å². The summed E-state index contributed by atoms with van der Waals surface area (Å²) >= 11 is 0. The fourth-order valence-corrected chi connectivity index (χ4v) is 1.97. The van der Waals surface area contributed by atoms with E-state index in [2.05, 4.69) is 20.8 Å². The Morgan fingerprint density at radius 2 is 1.57 bits per heavy atom. The van der Waals surface area contributed by atoms with Crippen LogP contribution in [0.1, 0.15) is 34.1 Å². The lowest BCUT2D eigenvalue weighted by Gasteiger charge is -2.41. The minimum Gasteiger partial charge on any atom is -0.400 e. The molecule has 14 heavy (non-hydrogen) atoms. The predicted molar refractivity (Wildman–Crippen MR) is 57.1 cm³/mol. The zero-order valence-electron chi connectivity index (χ0n) is 9.90. The van der Waals surface area contributed by atoms with E-state index in [1.165, 1.54) is 0 Å². The van der Waals surface area contributed by atoms with Crippen LogP contribution in [-0.4, -0.2) is 35.6 Å². The number of rotatable bonds is 1. The van der Waals surface area contributed by atoms with Gasteiger partial charge >= 0.3 is 0 Å². The molecular weight excluding hydrogens is 180 g/mol. The van der Waals surface area contributed by atoms with Crippen LogP contribution in [0.3, 0.4) is 0 Å². The van der Waals surface area contributed by atoms with E-state index in [-0.39, 0.29) is 30.1 Å². The van der Waals surface area contributed by atoms with Crippen LogP contribution in [-0.2, 0) is 4.74 Å².